The van der Waals surface area contributed by atoms with Crippen LogP contribution in [0.1, 0.15) is 32.1 Å². The van der Waals surface area contributed by atoms with E-state index in [4.69, 9.17) is 15.2 Å². The smallest absolute Gasteiger partial charge is 0.252 e. The van der Waals surface area contributed by atoms with E-state index in [0.717, 1.165) is 5.69 Å². The van der Waals surface area contributed by atoms with Gasteiger partial charge in [-0.05, 0) is 50.2 Å². The molecule has 3 aromatic rings. The second kappa shape index (κ2) is 10.0. The first-order valence-corrected chi connectivity index (χ1v) is 12.6. The molecule has 0 spiro atoms. The third-order valence-corrected chi connectivity index (χ3v) is 7.82. The summed E-state index contributed by atoms with van der Waals surface area (Å²) in [6, 6.07) is 14.9. The molecule has 0 aliphatic carbocycles. The molecule has 9 nitrogen and oxygen atoms in total. The maximum Gasteiger partial charge on any atom is 0.252 e. The van der Waals surface area contributed by atoms with Crippen LogP contribution in [0.3, 0.4) is 0 Å². The van der Waals surface area contributed by atoms with Gasteiger partial charge in [-0.1, -0.05) is 18.2 Å². The van der Waals surface area contributed by atoms with Gasteiger partial charge in [0, 0.05) is 35.7 Å². The van der Waals surface area contributed by atoms with Crippen molar-refractivity contribution in [1.82, 2.24) is 8.87 Å². The number of amides is 1. The number of hydrogen-bond donors (Lipinski definition) is 1. The van der Waals surface area contributed by atoms with Crippen LogP contribution in [0.2, 0.25) is 0 Å². The molecular formula is C25H27N3O6S. The van der Waals surface area contributed by atoms with E-state index in [0.29, 0.717) is 43.2 Å². The van der Waals surface area contributed by atoms with Gasteiger partial charge in [-0.3, -0.25) is 9.59 Å². The molecule has 0 saturated carbocycles. The van der Waals surface area contributed by atoms with Crippen LogP contribution in [0, 0.1) is 13.8 Å². The number of aryl methyl sites for hydroxylation is 1. The topological polar surface area (TPSA) is 121 Å². The Balaban J connectivity index is 1.59. The highest BCUT2D eigenvalue weighted by molar-refractivity contribution is 7.89. The van der Waals surface area contributed by atoms with E-state index in [1.165, 1.54) is 10.4 Å². The lowest BCUT2D eigenvalue weighted by Gasteiger charge is -2.26. The van der Waals surface area contributed by atoms with Gasteiger partial charge in [-0.25, -0.2) is 8.42 Å². The Labute approximate surface area is 204 Å². The maximum atomic E-state index is 13.1. The Morgan fingerprint density at radius 2 is 1.71 bits per heavy atom. The number of primary amides is 1. The number of rotatable bonds is 8. The average molecular weight is 498 g/mol. The zero-order valence-corrected chi connectivity index (χ0v) is 20.4. The van der Waals surface area contributed by atoms with E-state index in [9.17, 15) is 18.0 Å². The number of carbonyl (C=O) groups excluding carboxylic acids is 2. The molecule has 0 atom stereocenters. The zero-order valence-electron chi connectivity index (χ0n) is 19.6. The molecule has 1 saturated heterocycles. The summed E-state index contributed by atoms with van der Waals surface area (Å²) in [4.78, 5) is 24.8. The monoisotopic (exact) mass is 497 g/mol. The van der Waals surface area contributed by atoms with Crippen molar-refractivity contribution in [3.05, 3.63) is 77.1 Å². The number of nitrogens with zero attached hydrogens (tertiary/aromatic N) is 2. The number of nitrogens with two attached hydrogens (primary N) is 1. The lowest BCUT2D eigenvalue weighted by Crippen LogP contribution is -2.40. The lowest BCUT2D eigenvalue weighted by molar-refractivity contribution is 0.0730. The van der Waals surface area contributed by atoms with Crippen LogP contribution in [-0.2, 0) is 14.8 Å². The number of benzene rings is 2. The van der Waals surface area contributed by atoms with Crippen LogP contribution < -0.4 is 10.5 Å². The fourth-order valence-electron chi connectivity index (χ4n) is 4.18. The Morgan fingerprint density at radius 1 is 1.00 bits per heavy atom. The van der Waals surface area contributed by atoms with Crippen LogP contribution in [0.25, 0.3) is 5.69 Å². The predicted octanol–water partition coefficient (Wildman–Crippen LogP) is 2.48. The number of morpholine rings is 1. The molecular weight excluding hydrogens is 470 g/mol. The van der Waals surface area contributed by atoms with E-state index < -0.39 is 15.9 Å². The van der Waals surface area contributed by atoms with E-state index in [1.807, 2.05) is 11.5 Å². The van der Waals surface area contributed by atoms with Gasteiger partial charge in [0.2, 0.25) is 15.8 Å². The number of ketones is 1. The molecule has 1 fully saturated rings. The van der Waals surface area contributed by atoms with Crippen molar-refractivity contribution in [3.63, 3.8) is 0 Å². The van der Waals surface area contributed by atoms with Gasteiger partial charge in [0.1, 0.15) is 5.75 Å². The van der Waals surface area contributed by atoms with E-state index in [2.05, 4.69) is 0 Å². The van der Waals surface area contributed by atoms with Gasteiger partial charge >= 0.3 is 0 Å². The first-order valence-electron chi connectivity index (χ1n) is 11.1. The summed E-state index contributed by atoms with van der Waals surface area (Å²) in [7, 11) is -3.66. The summed E-state index contributed by atoms with van der Waals surface area (Å²) in [6.45, 7) is 4.71. The zero-order chi connectivity index (χ0) is 25.2. The second-order valence-corrected chi connectivity index (χ2v) is 10.1. The molecule has 2 N–H and O–H groups in total. The summed E-state index contributed by atoms with van der Waals surface area (Å²) in [5.74, 6) is -0.679. The molecule has 10 heteroatoms. The van der Waals surface area contributed by atoms with Gasteiger partial charge in [-0.2, -0.15) is 4.31 Å². The number of hydrogen-bond acceptors (Lipinski definition) is 6. The molecule has 0 radical (unpaired) electrons. The standard InChI is InChI=1S/C25H27N3O6S/c1-17-14-22(23(29)16-34-24-9-4-3-8-21(24)25(26)30)18(2)28(17)19-6-5-7-20(15-19)35(31,32)27-10-12-33-13-11-27/h3-9,14-15H,10-13,16H2,1-2H3,(H2,26,30). The van der Waals surface area contributed by atoms with Crippen molar-refractivity contribution in [2.24, 2.45) is 5.73 Å². The molecule has 2 heterocycles. The SMILES string of the molecule is Cc1cc(C(=O)COc2ccccc2C(N)=O)c(C)n1-c1cccc(S(=O)(=O)N2CCOCC2)c1. The third-order valence-electron chi connectivity index (χ3n) is 5.93. The summed E-state index contributed by atoms with van der Waals surface area (Å²) in [6.07, 6.45) is 0. The third kappa shape index (κ3) is 5.00. The quantitative estimate of drug-likeness (QED) is 0.477. The normalized spacial score (nSPS) is 14.6. The summed E-state index contributed by atoms with van der Waals surface area (Å²) in [5, 5.41) is 0. The Bertz CT molecular complexity index is 1370. The number of Topliss-reactive ketones (excluding diaryl/α,β-unsaturated/α-hetero) is 1. The van der Waals surface area contributed by atoms with Crippen molar-refractivity contribution < 1.29 is 27.5 Å². The Morgan fingerprint density at radius 3 is 2.43 bits per heavy atom. The lowest BCUT2D eigenvalue weighted by atomic mass is 10.1. The number of carbonyl (C=O) groups is 2. The van der Waals surface area contributed by atoms with E-state index in [-0.39, 0.29) is 28.6 Å². The number of sulfonamides is 1. The summed E-state index contributed by atoms with van der Waals surface area (Å²) >= 11 is 0. The minimum Gasteiger partial charge on any atom is -0.485 e. The molecule has 1 aliphatic rings. The molecule has 35 heavy (non-hydrogen) atoms. The summed E-state index contributed by atoms with van der Waals surface area (Å²) < 4.78 is 40.3. The average Bonchev–Trinajstić information content (AvgIpc) is 3.17. The van der Waals surface area contributed by atoms with Gasteiger partial charge in [0.15, 0.2) is 6.61 Å². The highest BCUT2D eigenvalue weighted by Crippen LogP contribution is 2.25. The van der Waals surface area contributed by atoms with Crippen LogP contribution in [0.5, 0.6) is 5.75 Å². The first-order chi connectivity index (χ1) is 16.7. The van der Waals surface area contributed by atoms with Crippen molar-refractivity contribution >= 4 is 21.7 Å². The highest BCUT2D eigenvalue weighted by Gasteiger charge is 2.27. The van der Waals surface area contributed by atoms with Gasteiger partial charge in [0.25, 0.3) is 5.91 Å². The molecule has 184 valence electrons. The van der Waals surface area contributed by atoms with Gasteiger partial charge in [0.05, 0.1) is 23.7 Å². The number of ether oxygens (including phenoxy) is 2. The van der Waals surface area contributed by atoms with Crippen molar-refractivity contribution in [2.45, 2.75) is 18.7 Å². The molecule has 0 bridgehead atoms. The second-order valence-electron chi connectivity index (χ2n) is 8.21. The molecule has 1 aromatic heterocycles. The largest absolute Gasteiger partial charge is 0.485 e. The van der Waals surface area contributed by atoms with Gasteiger partial charge < -0.3 is 19.8 Å². The molecule has 0 unspecified atom stereocenters. The van der Waals surface area contributed by atoms with Crippen molar-refractivity contribution in [3.8, 4) is 11.4 Å². The molecule has 1 aliphatic heterocycles. The van der Waals surface area contributed by atoms with Crippen LogP contribution in [0.15, 0.2) is 59.5 Å². The minimum atomic E-state index is -3.66. The van der Waals surface area contributed by atoms with Crippen LogP contribution in [-0.4, -0.2) is 61.9 Å². The fourth-order valence-corrected chi connectivity index (χ4v) is 5.63. The Hall–Kier alpha value is -3.47. The number of para-hydroxylation sites is 1. The Kier molecular flexibility index (Phi) is 7.06. The molecule has 4 rings (SSSR count). The predicted molar refractivity (Wildman–Crippen MR) is 130 cm³/mol. The molecule has 2 aromatic carbocycles. The van der Waals surface area contributed by atoms with Crippen molar-refractivity contribution in [1.29, 1.82) is 0 Å². The van der Waals surface area contributed by atoms with Crippen molar-refractivity contribution in [2.75, 3.05) is 32.9 Å². The van der Waals surface area contributed by atoms with E-state index in [1.54, 1.807) is 55.5 Å². The maximum absolute atomic E-state index is 13.1. The van der Waals surface area contributed by atoms with Crippen LogP contribution in [0.4, 0.5) is 0 Å². The first kappa shape index (κ1) is 24.6. The van der Waals surface area contributed by atoms with Gasteiger partial charge in [-0.15, -0.1) is 0 Å². The minimum absolute atomic E-state index is 0.184. The fraction of sp³-hybridized carbons (Fsp3) is 0.280. The van der Waals surface area contributed by atoms with Crippen LogP contribution >= 0.6 is 0 Å². The molecule has 1 amide bonds. The number of aromatic nitrogens is 1. The van der Waals surface area contributed by atoms with E-state index >= 15 is 0 Å². The highest BCUT2D eigenvalue weighted by atomic mass is 32.2. The summed E-state index contributed by atoms with van der Waals surface area (Å²) in [5.41, 5.74) is 8.07.